The van der Waals surface area contributed by atoms with Crippen LogP contribution in [0.25, 0.3) is 0 Å². The highest BCUT2D eigenvalue weighted by molar-refractivity contribution is 6.04. The predicted octanol–water partition coefficient (Wildman–Crippen LogP) is 4.97. The molecule has 3 aromatic rings. The molecule has 4 nitrogen and oxygen atoms in total. The summed E-state index contributed by atoms with van der Waals surface area (Å²) in [6.45, 7) is 3.95. The zero-order valence-corrected chi connectivity index (χ0v) is 14.3. The summed E-state index contributed by atoms with van der Waals surface area (Å²) < 4.78 is 27.4. The van der Waals surface area contributed by atoms with Crippen LogP contribution in [-0.2, 0) is 0 Å². The molecule has 0 aliphatic carbocycles. The number of aromatic nitrogens is 1. The lowest BCUT2D eigenvalue weighted by Gasteiger charge is -2.12. The SMILES string of the molecule is Cc1ccc(C)c(Nc2cncc(C(=O)Nc3c(F)cccc3F)c2)c1. The Hall–Kier alpha value is -3.28. The predicted molar refractivity (Wildman–Crippen MR) is 97.7 cm³/mol. The van der Waals surface area contributed by atoms with Crippen LogP contribution in [0.3, 0.4) is 0 Å². The molecule has 2 N–H and O–H groups in total. The normalized spacial score (nSPS) is 10.5. The lowest BCUT2D eigenvalue weighted by Crippen LogP contribution is -2.14. The Morgan fingerprint density at radius 3 is 2.46 bits per heavy atom. The molecule has 3 rings (SSSR count). The number of rotatable bonds is 4. The standard InChI is InChI=1S/C20H17F2N3O/c1-12-6-7-13(2)18(8-12)24-15-9-14(10-23-11-15)20(26)25-19-16(21)4-3-5-17(19)22/h3-11,24H,1-2H3,(H,25,26). The van der Waals surface area contributed by atoms with E-state index in [0.717, 1.165) is 28.9 Å². The fourth-order valence-electron chi connectivity index (χ4n) is 2.46. The lowest BCUT2D eigenvalue weighted by atomic mass is 10.1. The number of aryl methyl sites for hydroxylation is 2. The zero-order chi connectivity index (χ0) is 18.7. The second-order valence-electron chi connectivity index (χ2n) is 5.96. The summed E-state index contributed by atoms with van der Waals surface area (Å²) >= 11 is 0. The van der Waals surface area contributed by atoms with Crippen LogP contribution in [0.1, 0.15) is 21.5 Å². The van der Waals surface area contributed by atoms with Crippen molar-refractivity contribution in [2.24, 2.45) is 0 Å². The van der Waals surface area contributed by atoms with Crippen LogP contribution in [-0.4, -0.2) is 10.9 Å². The number of carbonyl (C=O) groups excluding carboxylic acids is 1. The van der Waals surface area contributed by atoms with Gasteiger partial charge in [0.15, 0.2) is 0 Å². The molecule has 2 aromatic carbocycles. The Kier molecular flexibility index (Phi) is 4.93. The van der Waals surface area contributed by atoms with Crippen molar-refractivity contribution in [3.8, 4) is 0 Å². The summed E-state index contributed by atoms with van der Waals surface area (Å²) in [7, 11) is 0. The number of anilines is 3. The Balaban J connectivity index is 1.83. The minimum atomic E-state index is -0.837. The number of nitrogens with one attached hydrogen (secondary N) is 2. The van der Waals surface area contributed by atoms with Crippen LogP contribution in [0.5, 0.6) is 0 Å². The number of halogens is 2. The van der Waals surface area contributed by atoms with E-state index in [1.165, 1.54) is 12.3 Å². The molecule has 0 fully saturated rings. The van der Waals surface area contributed by atoms with Crippen molar-refractivity contribution in [3.63, 3.8) is 0 Å². The molecular weight excluding hydrogens is 336 g/mol. The van der Waals surface area contributed by atoms with Gasteiger partial charge in [-0.25, -0.2) is 8.78 Å². The third kappa shape index (κ3) is 3.85. The summed E-state index contributed by atoms with van der Waals surface area (Å²) in [5.74, 6) is -2.32. The van der Waals surface area contributed by atoms with E-state index in [9.17, 15) is 13.6 Å². The maximum atomic E-state index is 13.7. The number of para-hydroxylation sites is 1. The number of carbonyl (C=O) groups is 1. The molecule has 0 saturated heterocycles. The van der Waals surface area contributed by atoms with E-state index in [1.54, 1.807) is 12.3 Å². The van der Waals surface area contributed by atoms with Crippen molar-refractivity contribution < 1.29 is 13.6 Å². The van der Waals surface area contributed by atoms with E-state index in [-0.39, 0.29) is 5.56 Å². The topological polar surface area (TPSA) is 54.0 Å². The first-order valence-electron chi connectivity index (χ1n) is 7.99. The molecule has 0 aliphatic rings. The highest BCUT2D eigenvalue weighted by Crippen LogP contribution is 2.23. The van der Waals surface area contributed by atoms with E-state index in [4.69, 9.17) is 0 Å². The first-order chi connectivity index (χ1) is 12.4. The summed E-state index contributed by atoms with van der Waals surface area (Å²) in [5.41, 5.74) is 3.33. The molecule has 0 radical (unpaired) electrons. The monoisotopic (exact) mass is 353 g/mol. The Morgan fingerprint density at radius 2 is 1.73 bits per heavy atom. The number of hydrogen-bond donors (Lipinski definition) is 2. The third-order valence-electron chi connectivity index (χ3n) is 3.87. The number of benzene rings is 2. The van der Waals surface area contributed by atoms with E-state index in [2.05, 4.69) is 15.6 Å². The van der Waals surface area contributed by atoms with Gasteiger partial charge in [0, 0.05) is 11.9 Å². The molecule has 26 heavy (non-hydrogen) atoms. The smallest absolute Gasteiger partial charge is 0.257 e. The summed E-state index contributed by atoms with van der Waals surface area (Å²) in [6.07, 6.45) is 2.91. The third-order valence-corrected chi connectivity index (χ3v) is 3.87. The minimum Gasteiger partial charge on any atom is -0.354 e. The van der Waals surface area contributed by atoms with E-state index < -0.39 is 23.2 Å². The molecular formula is C20H17F2N3O. The zero-order valence-electron chi connectivity index (χ0n) is 14.3. The maximum Gasteiger partial charge on any atom is 0.257 e. The second kappa shape index (κ2) is 7.31. The van der Waals surface area contributed by atoms with Gasteiger partial charge < -0.3 is 10.6 Å². The fraction of sp³-hybridized carbons (Fsp3) is 0.100. The first-order valence-corrected chi connectivity index (χ1v) is 7.99. The Morgan fingerprint density at radius 1 is 1.00 bits per heavy atom. The Bertz CT molecular complexity index is 953. The number of pyridine rings is 1. The molecule has 0 unspecified atom stereocenters. The van der Waals surface area contributed by atoms with Gasteiger partial charge in [0.05, 0.1) is 17.4 Å². The van der Waals surface area contributed by atoms with Crippen LogP contribution < -0.4 is 10.6 Å². The number of hydrogen-bond acceptors (Lipinski definition) is 3. The van der Waals surface area contributed by atoms with Crippen LogP contribution in [0.15, 0.2) is 54.9 Å². The van der Waals surface area contributed by atoms with Crippen LogP contribution in [0, 0.1) is 25.5 Å². The maximum absolute atomic E-state index is 13.7. The van der Waals surface area contributed by atoms with Crippen LogP contribution in [0.4, 0.5) is 25.8 Å². The molecule has 6 heteroatoms. The minimum absolute atomic E-state index is 0.183. The van der Waals surface area contributed by atoms with Crippen molar-refractivity contribution in [3.05, 3.63) is 83.2 Å². The molecule has 0 spiro atoms. The number of nitrogens with zero attached hydrogens (tertiary/aromatic N) is 1. The largest absolute Gasteiger partial charge is 0.354 e. The van der Waals surface area contributed by atoms with Gasteiger partial charge in [-0.2, -0.15) is 0 Å². The quantitative estimate of drug-likeness (QED) is 0.696. The van der Waals surface area contributed by atoms with Gasteiger partial charge in [-0.3, -0.25) is 9.78 Å². The van der Waals surface area contributed by atoms with Crippen LogP contribution >= 0.6 is 0 Å². The summed E-state index contributed by atoms with van der Waals surface area (Å²) in [6, 6.07) is 10.9. The lowest BCUT2D eigenvalue weighted by molar-refractivity contribution is 0.102. The molecule has 0 saturated carbocycles. The van der Waals surface area contributed by atoms with Crippen molar-refractivity contribution in [2.75, 3.05) is 10.6 Å². The van der Waals surface area contributed by atoms with E-state index >= 15 is 0 Å². The van der Waals surface area contributed by atoms with Crippen molar-refractivity contribution in [1.29, 1.82) is 0 Å². The molecule has 0 atom stereocenters. The number of amides is 1. The highest BCUT2D eigenvalue weighted by Gasteiger charge is 2.14. The Labute approximate surface area is 149 Å². The van der Waals surface area contributed by atoms with Crippen molar-refractivity contribution in [2.45, 2.75) is 13.8 Å². The molecule has 132 valence electrons. The molecule has 0 bridgehead atoms. The van der Waals surface area contributed by atoms with Gasteiger partial charge in [-0.05, 0) is 49.2 Å². The van der Waals surface area contributed by atoms with Gasteiger partial charge in [0.1, 0.15) is 17.3 Å². The summed E-state index contributed by atoms with van der Waals surface area (Å²) in [4.78, 5) is 16.4. The summed E-state index contributed by atoms with van der Waals surface area (Å²) in [5, 5.41) is 5.45. The van der Waals surface area contributed by atoms with Gasteiger partial charge in [0.25, 0.3) is 5.91 Å². The van der Waals surface area contributed by atoms with E-state index in [0.29, 0.717) is 5.69 Å². The average molecular weight is 353 g/mol. The van der Waals surface area contributed by atoms with Gasteiger partial charge in [-0.1, -0.05) is 18.2 Å². The molecule has 1 amide bonds. The van der Waals surface area contributed by atoms with Crippen molar-refractivity contribution >= 4 is 23.0 Å². The van der Waals surface area contributed by atoms with E-state index in [1.807, 2.05) is 32.0 Å². The first kappa shape index (κ1) is 17.5. The molecule has 1 heterocycles. The molecule has 1 aromatic heterocycles. The highest BCUT2D eigenvalue weighted by atomic mass is 19.1. The average Bonchev–Trinajstić information content (AvgIpc) is 2.61. The van der Waals surface area contributed by atoms with Gasteiger partial charge >= 0.3 is 0 Å². The van der Waals surface area contributed by atoms with Crippen molar-refractivity contribution in [1.82, 2.24) is 4.98 Å². The van der Waals surface area contributed by atoms with Crippen LogP contribution in [0.2, 0.25) is 0 Å². The van der Waals surface area contributed by atoms with Gasteiger partial charge in [0.2, 0.25) is 0 Å². The second-order valence-corrected chi connectivity index (χ2v) is 5.96. The fourth-order valence-corrected chi connectivity index (χ4v) is 2.46. The molecule has 0 aliphatic heterocycles. The van der Waals surface area contributed by atoms with Gasteiger partial charge in [-0.15, -0.1) is 0 Å².